The largest absolute Gasteiger partial charge is 0.756 e. The molecular formula is C54H102NO8P. The predicted molar refractivity (Wildman–Crippen MR) is 268 cm³/mol. The number of carbonyl (C=O) groups is 2. The molecule has 0 aromatic carbocycles. The molecule has 0 fully saturated rings. The summed E-state index contributed by atoms with van der Waals surface area (Å²) in [5.41, 5.74) is 0. The topological polar surface area (TPSA) is 111 Å². The molecule has 0 spiro atoms. The third-order valence-corrected chi connectivity index (χ3v) is 12.6. The maximum absolute atomic E-state index is 12.7. The molecule has 0 aliphatic rings. The summed E-state index contributed by atoms with van der Waals surface area (Å²) in [5, 5.41) is 0. The molecule has 0 radical (unpaired) electrons. The zero-order valence-corrected chi connectivity index (χ0v) is 43.4. The van der Waals surface area contributed by atoms with Crippen molar-refractivity contribution in [2.75, 3.05) is 47.5 Å². The Morgan fingerprint density at radius 3 is 1.30 bits per heavy atom. The standard InChI is InChI=1S/C54H102NO8P/c1-6-8-10-12-14-16-18-19-20-21-22-23-24-25-26-27-28-29-30-31-32-33-34-35-37-39-41-43-45-47-54(57)63-52(51-62-64(58,59)61-49-48-55(3,4)5)50-60-53(56)46-44-42-40-38-36-17-15-13-11-9-7-2/h13,15,18-19,21-22,52H,6-12,14,16-17,20,23-51H2,1-5H3/b15-13-,19-18-,22-21-. The number of hydrogen-bond donors (Lipinski definition) is 0. The third kappa shape index (κ3) is 49.7. The Balaban J connectivity index is 4.05. The van der Waals surface area contributed by atoms with Gasteiger partial charge in [0.15, 0.2) is 6.10 Å². The molecule has 9 nitrogen and oxygen atoms in total. The highest BCUT2D eigenvalue weighted by Crippen LogP contribution is 2.38. The van der Waals surface area contributed by atoms with E-state index < -0.39 is 32.5 Å². The number of hydrogen-bond acceptors (Lipinski definition) is 8. The molecule has 0 saturated heterocycles. The van der Waals surface area contributed by atoms with Gasteiger partial charge in [-0.25, -0.2) is 0 Å². The maximum Gasteiger partial charge on any atom is 0.306 e. The summed E-state index contributed by atoms with van der Waals surface area (Å²) < 4.78 is 34.0. The van der Waals surface area contributed by atoms with Gasteiger partial charge in [0, 0.05) is 12.8 Å². The average molecular weight is 924 g/mol. The average Bonchev–Trinajstić information content (AvgIpc) is 3.25. The van der Waals surface area contributed by atoms with Gasteiger partial charge in [-0.3, -0.25) is 14.2 Å². The van der Waals surface area contributed by atoms with Crippen LogP contribution >= 0.6 is 7.82 Å². The van der Waals surface area contributed by atoms with Gasteiger partial charge in [-0.05, 0) is 64.2 Å². The summed E-state index contributed by atoms with van der Waals surface area (Å²) in [6.07, 6.45) is 54.8. The maximum atomic E-state index is 12.7. The number of quaternary nitrogens is 1. The molecule has 0 heterocycles. The number of ether oxygens (including phenoxy) is 2. The number of phosphoric acid groups is 1. The lowest BCUT2D eigenvalue weighted by Gasteiger charge is -2.28. The minimum absolute atomic E-state index is 0.0310. The van der Waals surface area contributed by atoms with Crippen molar-refractivity contribution >= 4 is 19.8 Å². The van der Waals surface area contributed by atoms with E-state index in [1.54, 1.807) is 0 Å². The van der Waals surface area contributed by atoms with Crippen LogP contribution in [0.3, 0.4) is 0 Å². The summed E-state index contributed by atoms with van der Waals surface area (Å²) in [7, 11) is 1.17. The van der Waals surface area contributed by atoms with E-state index in [0.717, 1.165) is 70.6 Å². The molecule has 0 aromatic heterocycles. The smallest absolute Gasteiger partial charge is 0.306 e. The van der Waals surface area contributed by atoms with Crippen molar-refractivity contribution in [2.24, 2.45) is 0 Å². The van der Waals surface area contributed by atoms with Gasteiger partial charge < -0.3 is 27.9 Å². The van der Waals surface area contributed by atoms with E-state index in [1.807, 2.05) is 21.1 Å². The number of unbranched alkanes of at least 4 members (excludes halogenated alkanes) is 29. The summed E-state index contributed by atoms with van der Waals surface area (Å²) >= 11 is 0. The SMILES string of the molecule is CCCC/C=C\CCCCCCCC(=O)OCC(COP(=O)([O-])OCC[N+](C)(C)C)OC(=O)CCCCCCCCCCCCCCCCCCC/C=C\C/C=C\CCCCCCC. The first-order valence-electron chi connectivity index (χ1n) is 26.7. The number of phosphoric ester groups is 1. The molecule has 2 unspecified atom stereocenters. The lowest BCUT2D eigenvalue weighted by Crippen LogP contribution is -2.37. The second-order valence-electron chi connectivity index (χ2n) is 19.2. The van der Waals surface area contributed by atoms with Crippen LogP contribution in [-0.4, -0.2) is 70.0 Å². The zero-order valence-electron chi connectivity index (χ0n) is 42.5. The van der Waals surface area contributed by atoms with Crippen LogP contribution in [0.2, 0.25) is 0 Å². The summed E-state index contributed by atoms with van der Waals surface area (Å²) in [5.74, 6) is -0.838. The fourth-order valence-corrected chi connectivity index (χ4v) is 8.16. The van der Waals surface area contributed by atoms with Crippen LogP contribution in [0.25, 0.3) is 0 Å². The monoisotopic (exact) mass is 924 g/mol. The molecule has 0 aliphatic carbocycles. The van der Waals surface area contributed by atoms with Crippen LogP contribution in [0, 0.1) is 0 Å². The second-order valence-corrected chi connectivity index (χ2v) is 20.6. The van der Waals surface area contributed by atoms with Crippen molar-refractivity contribution in [3.63, 3.8) is 0 Å². The summed E-state index contributed by atoms with van der Waals surface area (Å²) in [6.45, 7) is 4.19. The molecule has 64 heavy (non-hydrogen) atoms. The van der Waals surface area contributed by atoms with Gasteiger partial charge >= 0.3 is 11.9 Å². The first-order chi connectivity index (χ1) is 31.0. The first kappa shape index (κ1) is 62.2. The number of nitrogens with zero attached hydrogens (tertiary/aromatic N) is 1. The number of likely N-dealkylation sites (N-methyl/N-ethyl adjacent to an activating group) is 1. The molecule has 376 valence electrons. The van der Waals surface area contributed by atoms with E-state index in [9.17, 15) is 19.0 Å². The normalized spacial score (nSPS) is 13.7. The minimum atomic E-state index is -4.63. The summed E-state index contributed by atoms with van der Waals surface area (Å²) in [6, 6.07) is 0. The van der Waals surface area contributed by atoms with Gasteiger partial charge in [-0.2, -0.15) is 0 Å². The van der Waals surface area contributed by atoms with Gasteiger partial charge in [-0.15, -0.1) is 0 Å². The molecule has 0 aliphatic heterocycles. The molecule has 0 aromatic rings. The lowest BCUT2D eigenvalue weighted by atomic mass is 10.0. The van der Waals surface area contributed by atoms with Crippen LogP contribution in [0.1, 0.15) is 245 Å². The Kier molecular flexibility index (Phi) is 45.1. The van der Waals surface area contributed by atoms with Crippen molar-refractivity contribution in [1.82, 2.24) is 0 Å². The highest BCUT2D eigenvalue weighted by molar-refractivity contribution is 7.45. The highest BCUT2D eigenvalue weighted by Gasteiger charge is 2.21. The van der Waals surface area contributed by atoms with Gasteiger partial charge in [0.2, 0.25) is 0 Å². The van der Waals surface area contributed by atoms with E-state index >= 15 is 0 Å². The van der Waals surface area contributed by atoms with Gasteiger partial charge in [0.05, 0.1) is 27.7 Å². The van der Waals surface area contributed by atoms with Crippen LogP contribution in [0.4, 0.5) is 0 Å². The fraction of sp³-hybridized carbons (Fsp3) is 0.852. The minimum Gasteiger partial charge on any atom is -0.756 e. The van der Waals surface area contributed by atoms with Crippen LogP contribution in [0.5, 0.6) is 0 Å². The van der Waals surface area contributed by atoms with Gasteiger partial charge in [0.1, 0.15) is 19.8 Å². The highest BCUT2D eigenvalue weighted by atomic mass is 31.2. The quantitative estimate of drug-likeness (QED) is 0.0195. The predicted octanol–water partition coefficient (Wildman–Crippen LogP) is 15.4. The molecule has 0 bridgehead atoms. The molecule has 2 atom stereocenters. The van der Waals surface area contributed by atoms with Crippen molar-refractivity contribution in [2.45, 2.75) is 251 Å². The third-order valence-electron chi connectivity index (χ3n) is 11.6. The van der Waals surface area contributed by atoms with Crippen LogP contribution < -0.4 is 4.89 Å². The Morgan fingerprint density at radius 2 is 0.859 bits per heavy atom. The van der Waals surface area contributed by atoms with E-state index in [1.165, 1.54) is 141 Å². The molecule has 0 saturated carbocycles. The van der Waals surface area contributed by atoms with Crippen molar-refractivity contribution in [3.8, 4) is 0 Å². The molecule has 0 amide bonds. The van der Waals surface area contributed by atoms with Crippen molar-refractivity contribution in [3.05, 3.63) is 36.5 Å². The Morgan fingerprint density at radius 1 is 0.484 bits per heavy atom. The van der Waals surface area contributed by atoms with Crippen LogP contribution in [-0.2, 0) is 32.7 Å². The molecule has 10 heteroatoms. The van der Waals surface area contributed by atoms with E-state index in [-0.39, 0.29) is 26.1 Å². The molecule has 0 N–H and O–H groups in total. The Hall–Kier alpha value is -1.77. The Bertz CT molecular complexity index is 1180. The zero-order chi connectivity index (χ0) is 47.1. The molecular weight excluding hydrogens is 822 g/mol. The number of allylic oxidation sites excluding steroid dienone is 6. The molecule has 0 rings (SSSR count). The Labute approximate surface area is 395 Å². The summed E-state index contributed by atoms with van der Waals surface area (Å²) in [4.78, 5) is 37.6. The second kappa shape index (κ2) is 46.3. The number of carbonyl (C=O) groups excluding carboxylic acids is 2. The number of rotatable bonds is 49. The van der Waals surface area contributed by atoms with Gasteiger partial charge in [-0.1, -0.05) is 204 Å². The fourth-order valence-electron chi connectivity index (χ4n) is 7.43. The van der Waals surface area contributed by atoms with E-state index in [0.29, 0.717) is 17.4 Å². The van der Waals surface area contributed by atoms with E-state index in [4.69, 9.17) is 18.5 Å². The first-order valence-corrected chi connectivity index (χ1v) is 28.2. The van der Waals surface area contributed by atoms with E-state index in [2.05, 4.69) is 50.3 Å². The van der Waals surface area contributed by atoms with Gasteiger partial charge in [0.25, 0.3) is 7.82 Å². The van der Waals surface area contributed by atoms with Crippen molar-refractivity contribution < 1.29 is 42.1 Å². The lowest BCUT2D eigenvalue weighted by molar-refractivity contribution is -0.870. The van der Waals surface area contributed by atoms with Crippen LogP contribution in [0.15, 0.2) is 36.5 Å². The number of esters is 2. The van der Waals surface area contributed by atoms with Crippen molar-refractivity contribution in [1.29, 1.82) is 0 Å².